The maximum atomic E-state index is 8.09. The van der Waals surface area contributed by atoms with E-state index in [9.17, 15) is 0 Å². The molecule has 0 aromatic rings. The van der Waals surface area contributed by atoms with Crippen LogP contribution in [0.1, 0.15) is 20.8 Å². The van der Waals surface area contributed by atoms with Gasteiger partial charge in [0.05, 0.1) is 6.07 Å². The van der Waals surface area contributed by atoms with Gasteiger partial charge in [0.25, 0.3) is 0 Å². The Hall–Kier alpha value is -0.770. The molecular weight excluding hydrogens is 98.1 g/mol. The zero-order chi connectivity index (χ0) is 6.62. The van der Waals surface area contributed by atoms with E-state index in [2.05, 4.69) is 20.8 Å². The van der Waals surface area contributed by atoms with Gasteiger partial charge in [-0.15, -0.1) is 0 Å². The monoisotopic (exact) mass is 109 g/mol. The quantitative estimate of drug-likeness (QED) is 0.437. The normalized spacial score (nSPS) is 11.8. The van der Waals surface area contributed by atoms with E-state index in [0.29, 0.717) is 0 Å². The van der Waals surface area contributed by atoms with Crippen molar-refractivity contribution < 1.29 is 0 Å². The third kappa shape index (κ3) is 5.23. The van der Waals surface area contributed by atoms with Crippen molar-refractivity contribution in [3.05, 3.63) is 12.2 Å². The standard InChI is InChI=1S/C7H11N/c1-7(2,3)5-4-6-8/h4-5H,1-3H3/b5-4-. The van der Waals surface area contributed by atoms with Crippen LogP contribution in [0.4, 0.5) is 0 Å². The van der Waals surface area contributed by atoms with E-state index >= 15 is 0 Å². The summed E-state index contributed by atoms with van der Waals surface area (Å²) in [6.07, 6.45) is 3.40. The fourth-order valence-corrected chi connectivity index (χ4v) is 0.287. The molecule has 0 unspecified atom stereocenters. The van der Waals surface area contributed by atoms with E-state index in [0.717, 1.165) is 0 Å². The predicted octanol–water partition coefficient (Wildman–Crippen LogP) is 2.11. The molecule has 0 aromatic heterocycles. The Labute approximate surface area is 50.6 Å². The molecule has 0 saturated carbocycles. The van der Waals surface area contributed by atoms with Crippen molar-refractivity contribution in [3.63, 3.8) is 0 Å². The van der Waals surface area contributed by atoms with Gasteiger partial charge in [0, 0.05) is 6.08 Å². The van der Waals surface area contributed by atoms with Crippen LogP contribution in [0.5, 0.6) is 0 Å². The molecule has 0 atom stereocenters. The second kappa shape index (κ2) is 2.52. The SMILES string of the molecule is CC(C)(C)/C=C\C#N. The fraction of sp³-hybridized carbons (Fsp3) is 0.571. The van der Waals surface area contributed by atoms with E-state index < -0.39 is 0 Å². The topological polar surface area (TPSA) is 23.8 Å². The van der Waals surface area contributed by atoms with Crippen molar-refractivity contribution in [1.82, 2.24) is 0 Å². The largest absolute Gasteiger partial charge is 0.193 e. The molecule has 0 aliphatic rings. The highest BCUT2D eigenvalue weighted by Crippen LogP contribution is 2.13. The first-order valence-corrected chi connectivity index (χ1v) is 2.63. The van der Waals surface area contributed by atoms with E-state index in [-0.39, 0.29) is 5.41 Å². The van der Waals surface area contributed by atoms with Crippen LogP contribution in [0.2, 0.25) is 0 Å². The van der Waals surface area contributed by atoms with E-state index in [4.69, 9.17) is 5.26 Å². The van der Waals surface area contributed by atoms with Crippen LogP contribution in [0.15, 0.2) is 12.2 Å². The summed E-state index contributed by atoms with van der Waals surface area (Å²) in [6, 6.07) is 1.94. The highest BCUT2D eigenvalue weighted by atomic mass is 14.2. The second-order valence-corrected chi connectivity index (χ2v) is 2.83. The lowest BCUT2D eigenvalue weighted by Crippen LogP contribution is -1.97. The zero-order valence-electron chi connectivity index (χ0n) is 5.60. The van der Waals surface area contributed by atoms with Gasteiger partial charge in [-0.25, -0.2) is 0 Å². The van der Waals surface area contributed by atoms with Crippen molar-refractivity contribution in [3.8, 4) is 6.07 Å². The number of allylic oxidation sites excluding steroid dienone is 2. The maximum Gasteiger partial charge on any atom is 0.0908 e. The van der Waals surface area contributed by atoms with Gasteiger partial charge in [0.15, 0.2) is 0 Å². The Morgan fingerprint density at radius 3 is 2.00 bits per heavy atom. The first-order valence-electron chi connectivity index (χ1n) is 2.63. The number of nitrogens with zero attached hydrogens (tertiary/aromatic N) is 1. The minimum absolute atomic E-state index is 0.149. The molecule has 44 valence electrons. The van der Waals surface area contributed by atoms with Gasteiger partial charge in [-0.05, 0) is 5.41 Å². The second-order valence-electron chi connectivity index (χ2n) is 2.83. The number of rotatable bonds is 0. The summed E-state index contributed by atoms with van der Waals surface area (Å²) >= 11 is 0. The summed E-state index contributed by atoms with van der Waals surface area (Å²) in [4.78, 5) is 0. The lowest BCUT2D eigenvalue weighted by molar-refractivity contribution is 0.544. The molecule has 1 heteroatoms. The summed E-state index contributed by atoms with van der Waals surface area (Å²) < 4.78 is 0. The maximum absolute atomic E-state index is 8.09. The molecule has 0 N–H and O–H groups in total. The predicted molar refractivity (Wildman–Crippen MR) is 34.2 cm³/mol. The summed E-state index contributed by atoms with van der Waals surface area (Å²) in [5.74, 6) is 0. The molecule has 0 bridgehead atoms. The highest BCUT2D eigenvalue weighted by Gasteiger charge is 2.01. The molecule has 0 rings (SSSR count). The Morgan fingerprint density at radius 1 is 1.38 bits per heavy atom. The van der Waals surface area contributed by atoms with Gasteiger partial charge in [0.2, 0.25) is 0 Å². The van der Waals surface area contributed by atoms with Crippen LogP contribution in [-0.2, 0) is 0 Å². The average Bonchev–Trinajstić information content (AvgIpc) is 1.59. The molecule has 0 aromatic carbocycles. The third-order valence-electron chi connectivity index (χ3n) is 0.658. The molecule has 0 aliphatic carbocycles. The Bertz CT molecular complexity index is 120. The van der Waals surface area contributed by atoms with Crippen LogP contribution < -0.4 is 0 Å². The lowest BCUT2D eigenvalue weighted by Gasteiger charge is -2.08. The molecule has 8 heavy (non-hydrogen) atoms. The zero-order valence-corrected chi connectivity index (χ0v) is 5.60. The fourth-order valence-electron chi connectivity index (χ4n) is 0.287. The molecule has 0 aliphatic heterocycles. The van der Waals surface area contributed by atoms with Gasteiger partial charge < -0.3 is 0 Å². The molecule has 0 radical (unpaired) electrons. The number of hydrogen-bond donors (Lipinski definition) is 0. The Morgan fingerprint density at radius 2 is 1.88 bits per heavy atom. The molecule has 0 fully saturated rings. The number of nitriles is 1. The smallest absolute Gasteiger partial charge is 0.0908 e. The summed E-state index contributed by atoms with van der Waals surface area (Å²) in [6.45, 7) is 6.17. The van der Waals surface area contributed by atoms with Crippen molar-refractivity contribution in [2.45, 2.75) is 20.8 Å². The van der Waals surface area contributed by atoms with Crippen LogP contribution >= 0.6 is 0 Å². The molecule has 0 spiro atoms. The van der Waals surface area contributed by atoms with Crippen molar-refractivity contribution in [1.29, 1.82) is 5.26 Å². The Balaban J connectivity index is 3.75. The number of hydrogen-bond acceptors (Lipinski definition) is 1. The molecule has 1 nitrogen and oxygen atoms in total. The first-order chi connectivity index (χ1) is 3.56. The lowest BCUT2D eigenvalue weighted by atomic mass is 9.97. The van der Waals surface area contributed by atoms with E-state index in [1.165, 1.54) is 6.08 Å². The van der Waals surface area contributed by atoms with Crippen molar-refractivity contribution in [2.75, 3.05) is 0 Å². The molecule has 0 saturated heterocycles. The van der Waals surface area contributed by atoms with Crippen molar-refractivity contribution >= 4 is 0 Å². The first kappa shape index (κ1) is 7.23. The Kier molecular flexibility index (Phi) is 2.27. The highest BCUT2D eigenvalue weighted by molar-refractivity contribution is 5.05. The summed E-state index contributed by atoms with van der Waals surface area (Å²) in [5.41, 5.74) is 0.149. The van der Waals surface area contributed by atoms with Gasteiger partial charge in [-0.1, -0.05) is 26.8 Å². The van der Waals surface area contributed by atoms with Crippen LogP contribution in [-0.4, -0.2) is 0 Å². The van der Waals surface area contributed by atoms with Gasteiger partial charge in [-0.3, -0.25) is 0 Å². The van der Waals surface area contributed by atoms with E-state index in [1.54, 1.807) is 0 Å². The van der Waals surface area contributed by atoms with Crippen LogP contribution in [0.25, 0.3) is 0 Å². The van der Waals surface area contributed by atoms with E-state index in [1.807, 2.05) is 12.1 Å². The van der Waals surface area contributed by atoms with Gasteiger partial charge >= 0.3 is 0 Å². The minimum Gasteiger partial charge on any atom is -0.193 e. The van der Waals surface area contributed by atoms with Crippen LogP contribution in [0.3, 0.4) is 0 Å². The van der Waals surface area contributed by atoms with Gasteiger partial charge in [-0.2, -0.15) is 5.26 Å². The third-order valence-corrected chi connectivity index (χ3v) is 0.658. The van der Waals surface area contributed by atoms with Crippen LogP contribution in [0, 0.1) is 16.7 Å². The molecule has 0 heterocycles. The van der Waals surface area contributed by atoms with Gasteiger partial charge in [0.1, 0.15) is 0 Å². The summed E-state index contributed by atoms with van der Waals surface area (Å²) in [5, 5.41) is 8.09. The average molecular weight is 109 g/mol. The molecular formula is C7H11N. The summed E-state index contributed by atoms with van der Waals surface area (Å²) in [7, 11) is 0. The van der Waals surface area contributed by atoms with Crippen molar-refractivity contribution in [2.24, 2.45) is 5.41 Å². The molecule has 0 amide bonds. The minimum atomic E-state index is 0.149.